The van der Waals surface area contributed by atoms with E-state index in [2.05, 4.69) is 41.1 Å². The van der Waals surface area contributed by atoms with Crippen LogP contribution in [0.4, 0.5) is 5.13 Å². The molecule has 0 radical (unpaired) electrons. The van der Waals surface area contributed by atoms with E-state index >= 15 is 0 Å². The molecule has 1 saturated heterocycles. The van der Waals surface area contributed by atoms with Crippen LogP contribution in [0, 0.1) is 0 Å². The quantitative estimate of drug-likeness (QED) is 0.858. The second-order valence-electron chi connectivity index (χ2n) is 6.15. The maximum absolute atomic E-state index is 12.7. The van der Waals surface area contributed by atoms with Gasteiger partial charge in [0.05, 0.1) is 6.54 Å². The molecule has 1 amide bonds. The predicted molar refractivity (Wildman–Crippen MR) is 94.7 cm³/mol. The van der Waals surface area contributed by atoms with Gasteiger partial charge in [-0.15, -0.1) is 11.3 Å². The van der Waals surface area contributed by atoms with E-state index in [9.17, 15) is 4.79 Å². The highest BCUT2D eigenvalue weighted by molar-refractivity contribution is 7.13. The van der Waals surface area contributed by atoms with Gasteiger partial charge in [-0.2, -0.15) is 0 Å². The van der Waals surface area contributed by atoms with Gasteiger partial charge in [0.15, 0.2) is 5.13 Å². The lowest BCUT2D eigenvalue weighted by atomic mass is 9.91. The van der Waals surface area contributed by atoms with Crippen molar-refractivity contribution in [2.45, 2.75) is 38.3 Å². The first-order valence-electron chi connectivity index (χ1n) is 8.13. The van der Waals surface area contributed by atoms with Crippen molar-refractivity contribution in [3.8, 4) is 0 Å². The number of piperidine rings is 1. The van der Waals surface area contributed by atoms with E-state index in [-0.39, 0.29) is 5.91 Å². The minimum atomic E-state index is 0.106. The number of benzene rings is 1. The summed E-state index contributed by atoms with van der Waals surface area (Å²) in [5.74, 6) is 0.106. The maximum Gasteiger partial charge on any atom is 0.242 e. The summed E-state index contributed by atoms with van der Waals surface area (Å²) >= 11 is 1.49. The Balaban J connectivity index is 1.76. The van der Waals surface area contributed by atoms with E-state index in [1.54, 1.807) is 11.1 Å². The Kier molecular flexibility index (Phi) is 5.08. The van der Waals surface area contributed by atoms with E-state index in [1.807, 2.05) is 18.5 Å². The molecule has 2 heterocycles. The summed E-state index contributed by atoms with van der Waals surface area (Å²) in [4.78, 5) is 20.9. The maximum atomic E-state index is 12.7. The largest absolute Gasteiger partial charge is 0.290 e. The molecule has 1 aromatic carbocycles. The molecule has 1 fully saturated rings. The molecule has 1 aromatic heterocycles. The van der Waals surface area contributed by atoms with Gasteiger partial charge >= 0.3 is 0 Å². The zero-order valence-corrected chi connectivity index (χ0v) is 14.5. The Morgan fingerprint density at radius 3 is 2.83 bits per heavy atom. The van der Waals surface area contributed by atoms with Crippen LogP contribution in [0.2, 0.25) is 0 Å². The first-order chi connectivity index (χ1) is 11.2. The van der Waals surface area contributed by atoms with E-state index in [0.717, 1.165) is 18.0 Å². The van der Waals surface area contributed by atoms with Gasteiger partial charge in [0.1, 0.15) is 0 Å². The number of rotatable bonds is 4. The molecule has 0 saturated carbocycles. The first kappa shape index (κ1) is 16.1. The monoisotopic (exact) mass is 329 g/mol. The Bertz CT molecular complexity index is 629. The van der Waals surface area contributed by atoms with Crippen molar-refractivity contribution in [1.82, 2.24) is 9.88 Å². The second-order valence-corrected chi connectivity index (χ2v) is 7.02. The van der Waals surface area contributed by atoms with Gasteiger partial charge in [-0.3, -0.25) is 14.6 Å². The number of amides is 1. The number of aromatic nitrogens is 1. The average Bonchev–Trinajstić information content (AvgIpc) is 3.11. The first-order valence-corrected chi connectivity index (χ1v) is 9.01. The highest BCUT2D eigenvalue weighted by Gasteiger charge is 2.31. The lowest BCUT2D eigenvalue weighted by Gasteiger charge is -2.41. The summed E-state index contributed by atoms with van der Waals surface area (Å²) in [6.45, 7) is 2.67. The molecular weight excluding hydrogens is 306 g/mol. The van der Waals surface area contributed by atoms with Gasteiger partial charge < -0.3 is 0 Å². The summed E-state index contributed by atoms with van der Waals surface area (Å²) < 4.78 is 0. The molecule has 0 spiro atoms. The van der Waals surface area contributed by atoms with Gasteiger partial charge in [0.2, 0.25) is 5.91 Å². The van der Waals surface area contributed by atoms with Crippen LogP contribution in [-0.2, 0) is 4.79 Å². The molecule has 23 heavy (non-hydrogen) atoms. The van der Waals surface area contributed by atoms with Crippen LogP contribution in [0.5, 0.6) is 0 Å². The van der Waals surface area contributed by atoms with Crippen molar-refractivity contribution in [3.63, 3.8) is 0 Å². The van der Waals surface area contributed by atoms with E-state index < -0.39 is 0 Å². The number of carbonyl (C=O) groups is 1. The molecule has 2 atom stereocenters. The molecule has 3 rings (SSSR count). The summed E-state index contributed by atoms with van der Waals surface area (Å²) in [7, 11) is 1.81. The van der Waals surface area contributed by atoms with Crippen LogP contribution in [0.1, 0.15) is 37.8 Å². The predicted octanol–water partition coefficient (Wildman–Crippen LogP) is 3.72. The van der Waals surface area contributed by atoms with E-state index in [1.165, 1.54) is 23.3 Å². The minimum absolute atomic E-state index is 0.106. The number of likely N-dealkylation sites (tertiary alicyclic amines) is 1. The Morgan fingerprint density at radius 1 is 1.35 bits per heavy atom. The molecule has 0 bridgehead atoms. The number of thiazole rings is 1. The average molecular weight is 329 g/mol. The minimum Gasteiger partial charge on any atom is -0.290 e. The third-order valence-corrected chi connectivity index (χ3v) is 5.50. The lowest BCUT2D eigenvalue weighted by molar-refractivity contribution is -0.121. The number of hydrogen-bond donors (Lipinski definition) is 0. The van der Waals surface area contributed by atoms with Crippen LogP contribution in [-0.4, -0.2) is 35.4 Å². The van der Waals surface area contributed by atoms with Crippen LogP contribution in [0.25, 0.3) is 0 Å². The highest BCUT2D eigenvalue weighted by Crippen LogP contribution is 2.34. The molecular formula is C18H23N3OS. The normalized spacial score (nSPS) is 22.0. The van der Waals surface area contributed by atoms with Crippen molar-refractivity contribution < 1.29 is 4.79 Å². The number of nitrogens with zero attached hydrogens (tertiary/aromatic N) is 3. The van der Waals surface area contributed by atoms with E-state index in [0.29, 0.717) is 18.6 Å². The van der Waals surface area contributed by atoms with Crippen molar-refractivity contribution >= 4 is 22.4 Å². The molecule has 2 aromatic rings. The molecule has 122 valence electrons. The summed E-state index contributed by atoms with van der Waals surface area (Å²) in [5.41, 5.74) is 1.31. The smallest absolute Gasteiger partial charge is 0.242 e. The molecule has 5 heteroatoms. The Hall–Kier alpha value is -1.72. The number of anilines is 1. The van der Waals surface area contributed by atoms with Crippen LogP contribution >= 0.6 is 11.3 Å². The van der Waals surface area contributed by atoms with Gasteiger partial charge in [0, 0.05) is 30.7 Å². The van der Waals surface area contributed by atoms with Gasteiger partial charge in [-0.05, 0) is 25.3 Å². The fourth-order valence-corrected chi connectivity index (χ4v) is 3.92. The van der Waals surface area contributed by atoms with Crippen molar-refractivity contribution in [2.24, 2.45) is 0 Å². The standard InChI is InChI=1S/C18H23N3OS/c1-14-7-6-10-16(15-8-4-3-5-9-15)21(14)13-17(22)20(2)18-19-11-12-23-18/h3-5,8-9,11-12,14,16H,6-7,10,13H2,1-2H3/t14-,16+/m1/s1. The SMILES string of the molecule is C[C@@H]1CCC[C@@H](c2ccccc2)N1CC(=O)N(C)c1nccs1. The summed E-state index contributed by atoms with van der Waals surface area (Å²) in [6, 6.07) is 11.3. The molecule has 1 aliphatic rings. The van der Waals surface area contributed by atoms with Gasteiger partial charge in [-0.1, -0.05) is 36.8 Å². The van der Waals surface area contributed by atoms with Crippen LogP contribution in [0.3, 0.4) is 0 Å². The zero-order valence-electron chi connectivity index (χ0n) is 13.7. The summed E-state index contributed by atoms with van der Waals surface area (Å²) in [5, 5.41) is 2.66. The Labute approximate surface area is 141 Å². The number of hydrogen-bond acceptors (Lipinski definition) is 4. The van der Waals surface area contributed by atoms with Crippen molar-refractivity contribution in [1.29, 1.82) is 0 Å². The lowest BCUT2D eigenvalue weighted by Crippen LogP contribution is -2.46. The third kappa shape index (κ3) is 3.62. The highest BCUT2D eigenvalue weighted by atomic mass is 32.1. The molecule has 0 unspecified atom stereocenters. The zero-order chi connectivity index (χ0) is 16.2. The molecule has 4 nitrogen and oxygen atoms in total. The number of likely N-dealkylation sites (N-methyl/N-ethyl adjacent to an activating group) is 1. The Morgan fingerprint density at radius 2 is 2.13 bits per heavy atom. The molecule has 0 N–H and O–H groups in total. The van der Waals surface area contributed by atoms with E-state index in [4.69, 9.17) is 0 Å². The van der Waals surface area contributed by atoms with Gasteiger partial charge in [0.25, 0.3) is 0 Å². The van der Waals surface area contributed by atoms with Crippen LogP contribution < -0.4 is 4.90 Å². The van der Waals surface area contributed by atoms with Gasteiger partial charge in [-0.25, -0.2) is 4.98 Å². The summed E-state index contributed by atoms with van der Waals surface area (Å²) in [6.07, 6.45) is 5.22. The second kappa shape index (κ2) is 7.23. The third-order valence-electron chi connectivity index (χ3n) is 4.65. The topological polar surface area (TPSA) is 36.4 Å². The van der Waals surface area contributed by atoms with Crippen molar-refractivity contribution in [2.75, 3.05) is 18.5 Å². The number of carbonyl (C=O) groups excluding carboxylic acids is 1. The molecule has 0 aliphatic carbocycles. The fourth-order valence-electron chi connectivity index (χ4n) is 3.30. The molecule has 1 aliphatic heterocycles. The van der Waals surface area contributed by atoms with Crippen LogP contribution in [0.15, 0.2) is 41.9 Å². The fraction of sp³-hybridized carbons (Fsp3) is 0.444. The van der Waals surface area contributed by atoms with Crippen molar-refractivity contribution in [3.05, 3.63) is 47.5 Å².